The first-order valence-corrected chi connectivity index (χ1v) is 11.9. The molecule has 0 radical (unpaired) electrons. The van der Waals surface area contributed by atoms with Gasteiger partial charge in [-0.05, 0) is 43.5 Å². The van der Waals surface area contributed by atoms with Crippen LogP contribution in [-0.2, 0) is 13.0 Å². The van der Waals surface area contributed by atoms with Gasteiger partial charge in [-0.25, -0.2) is 14.6 Å². The van der Waals surface area contributed by atoms with Crippen LogP contribution in [0.25, 0.3) is 27.8 Å². The Labute approximate surface area is 204 Å². The molecular formula is C28H28N6O. The lowest BCUT2D eigenvalue weighted by molar-refractivity contribution is 0.410. The number of nitrogens with zero attached hydrogens (tertiary/aromatic N) is 5. The van der Waals surface area contributed by atoms with Crippen molar-refractivity contribution in [2.75, 3.05) is 18.6 Å². The van der Waals surface area contributed by atoms with E-state index in [2.05, 4.69) is 81.7 Å². The number of hydrogen-bond acceptors (Lipinski definition) is 5. The minimum atomic E-state index is 0.657. The Morgan fingerprint density at radius 2 is 1.71 bits per heavy atom. The van der Waals surface area contributed by atoms with E-state index in [0.717, 1.165) is 35.6 Å². The molecule has 0 atom stereocenters. The molecule has 6 rings (SSSR count). The molecule has 0 spiro atoms. The number of nitrogens with one attached hydrogen (secondary N) is 1. The van der Waals surface area contributed by atoms with Crippen molar-refractivity contribution in [1.82, 2.24) is 24.7 Å². The van der Waals surface area contributed by atoms with Crippen molar-refractivity contribution < 1.29 is 4.74 Å². The van der Waals surface area contributed by atoms with Crippen molar-refractivity contribution in [3.05, 3.63) is 82.9 Å². The molecule has 5 aromatic rings. The zero-order valence-electron chi connectivity index (χ0n) is 20.5. The number of rotatable bonds is 4. The molecule has 35 heavy (non-hydrogen) atoms. The molecule has 0 bridgehead atoms. The van der Waals surface area contributed by atoms with Gasteiger partial charge in [-0.15, -0.1) is 0 Å². The molecule has 0 aliphatic carbocycles. The topological polar surface area (TPSA) is 71.9 Å². The number of H-pyrrole nitrogens is 1. The maximum Gasteiger partial charge on any atom is 0.225 e. The minimum Gasteiger partial charge on any atom is -0.494 e. The number of anilines is 1. The monoisotopic (exact) mass is 464 g/mol. The van der Waals surface area contributed by atoms with E-state index in [1.165, 1.54) is 33.2 Å². The standard InChI is InChI=1S/C28H28N6O/c1-17-8-9-22(21-10-12-29-25(17)21)27-23-16-33(28-30-14-20(35-4)15-31-28)13-11-24(23)32-34(27)26-18(2)6-5-7-19(26)3/h5-10,12,14-15,29H,11,13,16H2,1-4H3. The van der Waals surface area contributed by atoms with Gasteiger partial charge in [-0.1, -0.05) is 30.3 Å². The van der Waals surface area contributed by atoms with Gasteiger partial charge in [0.15, 0.2) is 5.75 Å². The largest absolute Gasteiger partial charge is 0.494 e. The van der Waals surface area contributed by atoms with Crippen molar-refractivity contribution in [2.45, 2.75) is 33.7 Å². The van der Waals surface area contributed by atoms with Gasteiger partial charge in [-0.3, -0.25) is 0 Å². The van der Waals surface area contributed by atoms with Crippen LogP contribution in [0.5, 0.6) is 5.75 Å². The highest BCUT2D eigenvalue weighted by Crippen LogP contribution is 2.38. The Morgan fingerprint density at radius 3 is 2.46 bits per heavy atom. The Balaban J connectivity index is 1.57. The molecule has 2 aromatic carbocycles. The first kappa shape index (κ1) is 21.4. The highest BCUT2D eigenvalue weighted by molar-refractivity contribution is 5.97. The third kappa shape index (κ3) is 3.46. The number of aromatic nitrogens is 5. The maximum absolute atomic E-state index is 5.25. The molecule has 0 saturated heterocycles. The average molecular weight is 465 g/mol. The summed E-state index contributed by atoms with van der Waals surface area (Å²) < 4.78 is 7.42. The molecule has 176 valence electrons. The Bertz CT molecular complexity index is 1530. The lowest BCUT2D eigenvalue weighted by atomic mass is 9.97. The summed E-state index contributed by atoms with van der Waals surface area (Å²) in [6.45, 7) is 7.97. The molecule has 7 nitrogen and oxygen atoms in total. The summed E-state index contributed by atoms with van der Waals surface area (Å²) in [4.78, 5) is 14.8. The molecule has 0 fully saturated rings. The predicted octanol–water partition coefficient (Wildman–Crippen LogP) is 5.31. The SMILES string of the molecule is COc1cnc(N2CCc3nn(-c4c(C)cccc4C)c(-c4ccc(C)c5[nH]ccc45)c3C2)nc1. The summed E-state index contributed by atoms with van der Waals surface area (Å²) in [5.74, 6) is 1.36. The van der Waals surface area contributed by atoms with Gasteiger partial charge in [0.05, 0.1) is 36.6 Å². The average Bonchev–Trinajstić information content (AvgIpc) is 3.50. The van der Waals surface area contributed by atoms with Crippen molar-refractivity contribution in [3.63, 3.8) is 0 Å². The highest BCUT2D eigenvalue weighted by Gasteiger charge is 2.29. The van der Waals surface area contributed by atoms with E-state index < -0.39 is 0 Å². The van der Waals surface area contributed by atoms with Crippen LogP contribution in [0.3, 0.4) is 0 Å². The molecule has 3 aromatic heterocycles. The van der Waals surface area contributed by atoms with E-state index in [1.807, 2.05) is 6.20 Å². The van der Waals surface area contributed by atoms with Gasteiger partial charge < -0.3 is 14.6 Å². The van der Waals surface area contributed by atoms with Gasteiger partial charge in [0.2, 0.25) is 5.95 Å². The third-order valence-corrected chi connectivity index (χ3v) is 7.01. The normalized spacial score (nSPS) is 13.3. The van der Waals surface area contributed by atoms with E-state index in [4.69, 9.17) is 9.84 Å². The lowest BCUT2D eigenvalue weighted by Gasteiger charge is -2.27. The molecular weight excluding hydrogens is 436 g/mol. The van der Waals surface area contributed by atoms with E-state index >= 15 is 0 Å². The Hall–Kier alpha value is -4.13. The molecule has 7 heteroatoms. The second kappa shape index (κ2) is 8.27. The predicted molar refractivity (Wildman–Crippen MR) is 138 cm³/mol. The summed E-state index contributed by atoms with van der Waals surface area (Å²) in [7, 11) is 1.63. The van der Waals surface area contributed by atoms with Crippen LogP contribution in [-0.4, -0.2) is 38.4 Å². The number of para-hydroxylation sites is 1. The van der Waals surface area contributed by atoms with Gasteiger partial charge in [0.25, 0.3) is 0 Å². The van der Waals surface area contributed by atoms with Crippen molar-refractivity contribution in [3.8, 4) is 22.7 Å². The summed E-state index contributed by atoms with van der Waals surface area (Å²) >= 11 is 0. The number of hydrogen-bond donors (Lipinski definition) is 1. The molecule has 0 saturated carbocycles. The number of fused-ring (bicyclic) bond motifs is 2. The summed E-state index contributed by atoms with van der Waals surface area (Å²) in [5.41, 5.74) is 10.6. The summed E-state index contributed by atoms with van der Waals surface area (Å²) in [6.07, 6.45) is 6.30. The Morgan fingerprint density at radius 1 is 0.943 bits per heavy atom. The molecule has 1 N–H and O–H groups in total. The van der Waals surface area contributed by atoms with Crippen molar-refractivity contribution in [2.24, 2.45) is 0 Å². The second-order valence-corrected chi connectivity index (χ2v) is 9.22. The highest BCUT2D eigenvalue weighted by atomic mass is 16.5. The fourth-order valence-electron chi connectivity index (χ4n) is 5.21. The molecule has 0 unspecified atom stereocenters. The number of aromatic amines is 1. The molecule has 0 amide bonds. The minimum absolute atomic E-state index is 0.657. The van der Waals surface area contributed by atoms with E-state index in [1.54, 1.807) is 19.5 Å². The van der Waals surface area contributed by atoms with Crippen LogP contribution < -0.4 is 9.64 Å². The maximum atomic E-state index is 5.25. The summed E-state index contributed by atoms with van der Waals surface area (Å²) in [5, 5.41) is 6.41. The number of methoxy groups -OCH3 is 1. The van der Waals surface area contributed by atoms with Crippen LogP contribution in [0.2, 0.25) is 0 Å². The zero-order chi connectivity index (χ0) is 24.1. The van der Waals surface area contributed by atoms with E-state index in [9.17, 15) is 0 Å². The first-order valence-electron chi connectivity index (χ1n) is 11.9. The number of benzene rings is 2. The van der Waals surface area contributed by atoms with E-state index in [-0.39, 0.29) is 0 Å². The fraction of sp³-hybridized carbons (Fsp3) is 0.250. The van der Waals surface area contributed by atoms with Gasteiger partial charge in [0, 0.05) is 47.7 Å². The zero-order valence-corrected chi connectivity index (χ0v) is 20.5. The van der Waals surface area contributed by atoms with Crippen molar-refractivity contribution in [1.29, 1.82) is 0 Å². The van der Waals surface area contributed by atoms with Gasteiger partial charge in [-0.2, -0.15) is 5.10 Å². The third-order valence-electron chi connectivity index (χ3n) is 7.01. The van der Waals surface area contributed by atoms with Crippen LogP contribution in [0.1, 0.15) is 27.9 Å². The number of ether oxygens (including phenoxy) is 1. The van der Waals surface area contributed by atoms with Crippen LogP contribution in [0.15, 0.2) is 55.0 Å². The molecule has 4 heterocycles. The van der Waals surface area contributed by atoms with E-state index in [0.29, 0.717) is 18.2 Å². The lowest BCUT2D eigenvalue weighted by Crippen LogP contribution is -2.31. The van der Waals surface area contributed by atoms with Crippen molar-refractivity contribution >= 4 is 16.9 Å². The van der Waals surface area contributed by atoms with Crippen LogP contribution >= 0.6 is 0 Å². The Kier molecular flexibility index (Phi) is 5.06. The molecule has 1 aliphatic rings. The molecule has 1 aliphatic heterocycles. The van der Waals surface area contributed by atoms with Gasteiger partial charge in [0.1, 0.15) is 0 Å². The first-order chi connectivity index (χ1) is 17.0. The van der Waals surface area contributed by atoms with Gasteiger partial charge >= 0.3 is 0 Å². The smallest absolute Gasteiger partial charge is 0.225 e. The quantitative estimate of drug-likeness (QED) is 0.390. The summed E-state index contributed by atoms with van der Waals surface area (Å²) in [6, 6.07) is 13.0. The van der Waals surface area contributed by atoms with Crippen LogP contribution in [0, 0.1) is 20.8 Å². The fourth-order valence-corrected chi connectivity index (χ4v) is 5.21. The van der Waals surface area contributed by atoms with Crippen LogP contribution in [0.4, 0.5) is 5.95 Å². The number of aryl methyl sites for hydroxylation is 3. The second-order valence-electron chi connectivity index (χ2n) is 9.22.